The monoisotopic (exact) mass is 456 g/mol. The highest BCUT2D eigenvalue weighted by Crippen LogP contribution is 2.32. The zero-order valence-corrected chi connectivity index (χ0v) is 19.7. The molecule has 1 fully saturated rings. The van der Waals surface area contributed by atoms with E-state index >= 15 is 0 Å². The van der Waals surface area contributed by atoms with Gasteiger partial charge in [-0.05, 0) is 73.4 Å². The van der Waals surface area contributed by atoms with Crippen molar-refractivity contribution >= 4 is 21.6 Å². The van der Waals surface area contributed by atoms with E-state index in [1.807, 2.05) is 24.3 Å². The first-order chi connectivity index (χ1) is 15.4. The van der Waals surface area contributed by atoms with Crippen molar-refractivity contribution in [2.45, 2.75) is 56.8 Å². The lowest BCUT2D eigenvalue weighted by Gasteiger charge is -2.30. The molecule has 0 N–H and O–H groups in total. The molecule has 2 aliphatic rings. The van der Waals surface area contributed by atoms with Gasteiger partial charge in [-0.25, -0.2) is 8.42 Å². The van der Waals surface area contributed by atoms with Gasteiger partial charge in [0.15, 0.2) is 6.61 Å². The highest BCUT2D eigenvalue weighted by atomic mass is 32.2. The summed E-state index contributed by atoms with van der Waals surface area (Å²) in [6.45, 7) is 6.02. The van der Waals surface area contributed by atoms with E-state index in [2.05, 4.69) is 13.8 Å². The molecule has 172 valence electrons. The Kier molecular flexibility index (Phi) is 6.86. The fourth-order valence-corrected chi connectivity index (χ4v) is 6.10. The topological polar surface area (TPSA) is 66.9 Å². The minimum atomic E-state index is -3.47. The van der Waals surface area contributed by atoms with Gasteiger partial charge in [-0.15, -0.1) is 0 Å². The van der Waals surface area contributed by atoms with Crippen molar-refractivity contribution in [1.29, 1.82) is 0 Å². The summed E-state index contributed by atoms with van der Waals surface area (Å²) >= 11 is 0. The normalized spacial score (nSPS) is 17.8. The maximum atomic E-state index is 13.1. The molecule has 0 spiro atoms. The SMILES string of the molecule is CCC(C)c1ccccc1OCC(=O)N1CCCc2cc(S(=O)(=O)N3CCCC3)ccc21. The molecule has 0 aromatic heterocycles. The van der Waals surface area contributed by atoms with Gasteiger partial charge in [-0.1, -0.05) is 32.0 Å². The van der Waals surface area contributed by atoms with Gasteiger partial charge in [0.25, 0.3) is 5.91 Å². The first kappa shape index (κ1) is 22.8. The van der Waals surface area contributed by atoms with E-state index in [4.69, 9.17) is 4.74 Å². The van der Waals surface area contributed by atoms with Gasteiger partial charge in [0.05, 0.1) is 4.90 Å². The number of carbonyl (C=O) groups is 1. The van der Waals surface area contributed by atoms with Gasteiger partial charge in [0.2, 0.25) is 10.0 Å². The molecule has 1 amide bonds. The lowest BCUT2D eigenvalue weighted by molar-refractivity contribution is -0.120. The number of amides is 1. The molecule has 0 bridgehead atoms. The van der Waals surface area contributed by atoms with Crippen LogP contribution in [0.4, 0.5) is 5.69 Å². The molecule has 2 aliphatic heterocycles. The van der Waals surface area contributed by atoms with Crippen LogP contribution in [0.1, 0.15) is 56.6 Å². The molecule has 4 rings (SSSR count). The highest BCUT2D eigenvalue weighted by Gasteiger charge is 2.30. The quantitative estimate of drug-likeness (QED) is 0.622. The van der Waals surface area contributed by atoms with Crippen molar-refractivity contribution in [1.82, 2.24) is 4.31 Å². The second kappa shape index (κ2) is 9.63. The molecule has 1 unspecified atom stereocenters. The van der Waals surface area contributed by atoms with E-state index < -0.39 is 10.0 Å². The van der Waals surface area contributed by atoms with Crippen LogP contribution >= 0.6 is 0 Å². The van der Waals surface area contributed by atoms with Gasteiger partial charge < -0.3 is 9.64 Å². The number of hydrogen-bond donors (Lipinski definition) is 0. The molecule has 32 heavy (non-hydrogen) atoms. The van der Waals surface area contributed by atoms with Crippen LogP contribution in [0, 0.1) is 0 Å². The number of aryl methyl sites for hydroxylation is 1. The molecule has 0 saturated carbocycles. The minimum absolute atomic E-state index is 0.0410. The third-order valence-corrected chi connectivity index (χ3v) is 8.48. The third kappa shape index (κ3) is 4.55. The van der Waals surface area contributed by atoms with Crippen LogP contribution in [0.15, 0.2) is 47.4 Å². The summed E-state index contributed by atoms with van der Waals surface area (Å²) in [6, 6.07) is 13.0. The summed E-state index contributed by atoms with van der Waals surface area (Å²) in [4.78, 5) is 15.1. The van der Waals surface area contributed by atoms with Crippen molar-refractivity contribution < 1.29 is 17.9 Å². The predicted molar refractivity (Wildman–Crippen MR) is 126 cm³/mol. The van der Waals surface area contributed by atoms with E-state index in [9.17, 15) is 13.2 Å². The van der Waals surface area contributed by atoms with E-state index in [0.717, 1.165) is 54.7 Å². The molecule has 2 aromatic rings. The fraction of sp³-hybridized carbons (Fsp3) is 0.480. The number of sulfonamides is 1. The number of para-hydroxylation sites is 1. The van der Waals surface area contributed by atoms with Gasteiger partial charge in [-0.3, -0.25) is 4.79 Å². The Morgan fingerprint density at radius 2 is 1.81 bits per heavy atom. The number of anilines is 1. The third-order valence-electron chi connectivity index (χ3n) is 6.59. The summed E-state index contributed by atoms with van der Waals surface area (Å²) in [5, 5.41) is 0. The number of carbonyl (C=O) groups excluding carboxylic acids is 1. The predicted octanol–water partition coefficient (Wildman–Crippen LogP) is 4.34. The summed E-state index contributed by atoms with van der Waals surface area (Å²) < 4.78 is 33.4. The average Bonchev–Trinajstić information content (AvgIpc) is 3.37. The fourth-order valence-electron chi connectivity index (χ4n) is 4.53. The molecule has 0 radical (unpaired) electrons. The van der Waals surface area contributed by atoms with Crippen LogP contribution < -0.4 is 9.64 Å². The molecule has 2 aromatic carbocycles. The van der Waals surface area contributed by atoms with E-state index in [-0.39, 0.29) is 12.5 Å². The van der Waals surface area contributed by atoms with Gasteiger partial charge >= 0.3 is 0 Å². The lowest BCUT2D eigenvalue weighted by Crippen LogP contribution is -2.39. The van der Waals surface area contributed by atoms with Gasteiger partial charge in [0.1, 0.15) is 5.75 Å². The van der Waals surface area contributed by atoms with Crippen molar-refractivity contribution in [3.05, 3.63) is 53.6 Å². The number of benzene rings is 2. The van der Waals surface area contributed by atoms with Crippen LogP contribution in [0.5, 0.6) is 5.75 Å². The second-order valence-corrected chi connectivity index (χ2v) is 10.6. The number of hydrogen-bond acceptors (Lipinski definition) is 4. The maximum Gasteiger partial charge on any atom is 0.264 e. The summed E-state index contributed by atoms with van der Waals surface area (Å²) in [5.74, 6) is 0.993. The Labute approximate surface area is 191 Å². The number of rotatable bonds is 7. The zero-order valence-electron chi connectivity index (χ0n) is 18.9. The molecule has 0 aliphatic carbocycles. The molecular formula is C25H32N2O4S. The van der Waals surface area contributed by atoms with Crippen molar-refractivity contribution in [3.8, 4) is 5.75 Å². The van der Waals surface area contributed by atoms with Crippen LogP contribution in [-0.4, -0.2) is 44.9 Å². The van der Waals surface area contributed by atoms with E-state index in [1.54, 1.807) is 27.4 Å². The first-order valence-electron chi connectivity index (χ1n) is 11.6. The standard InChI is InChI=1S/C25H32N2O4S/c1-3-19(2)22-10-4-5-11-24(22)31-18-25(28)27-16-8-9-20-17-21(12-13-23(20)27)32(29,30)26-14-6-7-15-26/h4-5,10-13,17,19H,3,6-9,14-16,18H2,1-2H3. The van der Waals surface area contributed by atoms with Crippen molar-refractivity contribution in [3.63, 3.8) is 0 Å². The average molecular weight is 457 g/mol. The Balaban J connectivity index is 1.50. The number of nitrogens with zero attached hydrogens (tertiary/aromatic N) is 2. The molecule has 1 atom stereocenters. The largest absolute Gasteiger partial charge is 0.483 e. The molecule has 6 nitrogen and oxygen atoms in total. The summed E-state index contributed by atoms with van der Waals surface area (Å²) in [7, 11) is -3.47. The van der Waals surface area contributed by atoms with Crippen molar-refractivity contribution in [2.75, 3.05) is 31.1 Å². The van der Waals surface area contributed by atoms with Crippen LogP contribution in [0.2, 0.25) is 0 Å². The van der Waals surface area contributed by atoms with Crippen LogP contribution in [0.3, 0.4) is 0 Å². The van der Waals surface area contributed by atoms with Gasteiger partial charge in [0, 0.05) is 25.3 Å². The number of fused-ring (bicyclic) bond motifs is 1. The first-order valence-corrected chi connectivity index (χ1v) is 13.0. The summed E-state index contributed by atoms with van der Waals surface area (Å²) in [5.41, 5.74) is 2.81. The second-order valence-electron chi connectivity index (χ2n) is 8.69. The Hall–Kier alpha value is -2.38. The van der Waals surface area contributed by atoms with Gasteiger partial charge in [-0.2, -0.15) is 4.31 Å². The maximum absolute atomic E-state index is 13.1. The minimum Gasteiger partial charge on any atom is -0.483 e. The smallest absolute Gasteiger partial charge is 0.264 e. The lowest BCUT2D eigenvalue weighted by atomic mass is 9.98. The van der Waals surface area contributed by atoms with E-state index in [0.29, 0.717) is 30.4 Å². The Morgan fingerprint density at radius 3 is 2.56 bits per heavy atom. The molecule has 2 heterocycles. The van der Waals surface area contributed by atoms with Crippen molar-refractivity contribution in [2.24, 2.45) is 0 Å². The Morgan fingerprint density at radius 1 is 1.06 bits per heavy atom. The van der Waals surface area contributed by atoms with E-state index in [1.165, 1.54) is 0 Å². The molecular weight excluding hydrogens is 424 g/mol. The Bertz CT molecular complexity index is 1080. The van der Waals surface area contributed by atoms with Crippen LogP contribution in [0.25, 0.3) is 0 Å². The zero-order chi connectivity index (χ0) is 22.7. The molecule has 7 heteroatoms. The van der Waals surface area contributed by atoms with Crippen LogP contribution in [-0.2, 0) is 21.2 Å². The summed E-state index contributed by atoms with van der Waals surface area (Å²) in [6.07, 6.45) is 4.38. The molecule has 1 saturated heterocycles. The number of ether oxygens (including phenoxy) is 1. The highest BCUT2D eigenvalue weighted by molar-refractivity contribution is 7.89.